The summed E-state index contributed by atoms with van der Waals surface area (Å²) in [6.45, 7) is 8.03. The minimum atomic E-state index is -0.487. The lowest BCUT2D eigenvalue weighted by Crippen LogP contribution is -2.64. The van der Waals surface area contributed by atoms with Crippen LogP contribution in [0.2, 0.25) is 0 Å². The van der Waals surface area contributed by atoms with Gasteiger partial charge in [-0.2, -0.15) is 0 Å². The monoisotopic (exact) mass is 318 g/mol. The molecule has 0 radical (unpaired) electrons. The second-order valence-corrected chi connectivity index (χ2v) is 7.53. The van der Waals surface area contributed by atoms with Crippen LogP contribution < -0.4 is 4.90 Å². The summed E-state index contributed by atoms with van der Waals surface area (Å²) in [5, 5.41) is 10.6. The second-order valence-electron chi connectivity index (χ2n) is 7.53. The molecule has 0 bridgehead atoms. The number of aliphatic hydroxyl groups is 1. The molecular weight excluding hydrogens is 292 g/mol. The molecule has 23 heavy (non-hydrogen) atoms. The first-order chi connectivity index (χ1) is 10.8. The lowest BCUT2D eigenvalue weighted by molar-refractivity contribution is -0.155. The van der Waals surface area contributed by atoms with Gasteiger partial charge in [-0.15, -0.1) is 0 Å². The fourth-order valence-corrected chi connectivity index (χ4v) is 3.99. The molecule has 6 nitrogen and oxygen atoms in total. The van der Waals surface area contributed by atoms with Gasteiger partial charge in [0.2, 0.25) is 5.91 Å². The van der Waals surface area contributed by atoms with Crippen molar-refractivity contribution in [3.63, 3.8) is 0 Å². The van der Waals surface area contributed by atoms with Gasteiger partial charge in [-0.25, -0.2) is 4.98 Å². The van der Waals surface area contributed by atoms with Crippen LogP contribution in [-0.4, -0.2) is 57.2 Å². The highest BCUT2D eigenvalue weighted by molar-refractivity contribution is 5.74. The molecule has 2 aliphatic heterocycles. The topological polar surface area (TPSA) is 69.6 Å². The Bertz CT molecular complexity index is 567. The number of carbonyl (C=O) groups excluding carboxylic acids is 1. The molecule has 1 N–H and O–H groups in total. The van der Waals surface area contributed by atoms with E-state index >= 15 is 0 Å². The fourth-order valence-electron chi connectivity index (χ4n) is 3.99. The molecule has 3 heterocycles. The SMILES string of the molecule is CC(=O)N1CC2(CCN(c3cnccn3)CC2)CC(O)C1(C)C. The van der Waals surface area contributed by atoms with Gasteiger partial charge in [0.05, 0.1) is 17.8 Å². The number of anilines is 1. The Morgan fingerprint density at radius 1 is 1.30 bits per heavy atom. The second kappa shape index (κ2) is 5.74. The van der Waals surface area contributed by atoms with Crippen LogP contribution in [0.5, 0.6) is 0 Å². The van der Waals surface area contributed by atoms with Gasteiger partial charge in [-0.3, -0.25) is 9.78 Å². The Hall–Kier alpha value is -1.69. The number of aliphatic hydroxyl groups excluding tert-OH is 1. The number of piperidine rings is 2. The summed E-state index contributed by atoms with van der Waals surface area (Å²) in [7, 11) is 0. The highest BCUT2D eigenvalue weighted by atomic mass is 16.3. The molecule has 1 unspecified atom stereocenters. The van der Waals surface area contributed by atoms with E-state index in [0.717, 1.165) is 44.7 Å². The molecule has 2 saturated heterocycles. The minimum Gasteiger partial charge on any atom is -0.391 e. The standard InChI is InChI=1S/C17H26N4O2/c1-13(22)21-12-17(10-14(23)16(21,2)3)4-8-20(9-5-17)15-11-18-6-7-19-15/h6-7,11,14,23H,4-5,8-10,12H2,1-3H3. The van der Waals surface area contributed by atoms with Crippen LogP contribution >= 0.6 is 0 Å². The van der Waals surface area contributed by atoms with Gasteiger partial charge < -0.3 is 14.9 Å². The molecular formula is C17H26N4O2. The number of hydrogen-bond donors (Lipinski definition) is 1. The van der Waals surface area contributed by atoms with Crippen molar-refractivity contribution in [3.8, 4) is 0 Å². The first-order valence-electron chi connectivity index (χ1n) is 8.31. The number of hydrogen-bond acceptors (Lipinski definition) is 5. The first kappa shape index (κ1) is 16.2. The summed E-state index contributed by atoms with van der Waals surface area (Å²) in [5.74, 6) is 0.951. The van der Waals surface area contributed by atoms with Crippen molar-refractivity contribution in [2.75, 3.05) is 24.5 Å². The Morgan fingerprint density at radius 2 is 2.00 bits per heavy atom. The average Bonchev–Trinajstić information content (AvgIpc) is 2.53. The summed E-state index contributed by atoms with van der Waals surface area (Å²) in [5.41, 5.74) is -0.474. The van der Waals surface area contributed by atoms with Crippen LogP contribution in [0.1, 0.15) is 40.0 Å². The molecule has 2 aliphatic rings. The zero-order chi connectivity index (χ0) is 16.7. The van der Waals surface area contributed by atoms with E-state index in [2.05, 4.69) is 14.9 Å². The zero-order valence-corrected chi connectivity index (χ0v) is 14.2. The van der Waals surface area contributed by atoms with Crippen molar-refractivity contribution in [2.24, 2.45) is 5.41 Å². The Kier molecular flexibility index (Phi) is 4.04. The van der Waals surface area contributed by atoms with E-state index in [1.165, 1.54) is 0 Å². The maximum Gasteiger partial charge on any atom is 0.219 e. The van der Waals surface area contributed by atoms with Gasteiger partial charge in [0.1, 0.15) is 5.82 Å². The predicted molar refractivity (Wildman–Crippen MR) is 88.0 cm³/mol. The van der Waals surface area contributed by atoms with Gasteiger partial charge in [0.15, 0.2) is 0 Å². The smallest absolute Gasteiger partial charge is 0.219 e. The van der Waals surface area contributed by atoms with Gasteiger partial charge in [-0.1, -0.05) is 0 Å². The lowest BCUT2D eigenvalue weighted by atomic mass is 9.67. The molecule has 1 amide bonds. The van der Waals surface area contributed by atoms with E-state index < -0.39 is 11.6 Å². The molecule has 1 aromatic rings. The van der Waals surface area contributed by atoms with Crippen molar-refractivity contribution < 1.29 is 9.90 Å². The number of aromatic nitrogens is 2. The molecule has 1 aromatic heterocycles. The van der Waals surface area contributed by atoms with Crippen LogP contribution in [0.25, 0.3) is 0 Å². The third-order valence-corrected chi connectivity index (χ3v) is 5.71. The molecule has 6 heteroatoms. The normalized spacial score (nSPS) is 26.3. The summed E-state index contributed by atoms with van der Waals surface area (Å²) in [6, 6.07) is 0. The average molecular weight is 318 g/mol. The third-order valence-electron chi connectivity index (χ3n) is 5.71. The Morgan fingerprint density at radius 3 is 2.57 bits per heavy atom. The van der Waals surface area contributed by atoms with E-state index in [-0.39, 0.29) is 11.3 Å². The number of carbonyl (C=O) groups is 1. The van der Waals surface area contributed by atoms with Crippen molar-refractivity contribution in [3.05, 3.63) is 18.6 Å². The predicted octanol–water partition coefficient (Wildman–Crippen LogP) is 1.45. The fraction of sp³-hybridized carbons (Fsp3) is 0.706. The number of amides is 1. The maximum absolute atomic E-state index is 12.1. The molecule has 1 atom stereocenters. The van der Waals surface area contributed by atoms with Crippen molar-refractivity contribution in [2.45, 2.75) is 51.7 Å². The maximum atomic E-state index is 12.1. The third kappa shape index (κ3) is 2.92. The molecule has 1 spiro atoms. The molecule has 0 aromatic carbocycles. The van der Waals surface area contributed by atoms with E-state index in [0.29, 0.717) is 0 Å². The van der Waals surface area contributed by atoms with Gasteiger partial charge in [-0.05, 0) is 38.5 Å². The van der Waals surface area contributed by atoms with Crippen molar-refractivity contribution in [1.29, 1.82) is 0 Å². The number of nitrogens with zero attached hydrogens (tertiary/aromatic N) is 4. The zero-order valence-electron chi connectivity index (χ0n) is 14.2. The summed E-state index contributed by atoms with van der Waals surface area (Å²) in [6.07, 6.45) is 7.38. The van der Waals surface area contributed by atoms with Crippen LogP contribution in [-0.2, 0) is 4.79 Å². The highest BCUT2D eigenvalue weighted by Crippen LogP contribution is 2.45. The summed E-state index contributed by atoms with van der Waals surface area (Å²) < 4.78 is 0. The molecule has 0 saturated carbocycles. The van der Waals surface area contributed by atoms with E-state index in [9.17, 15) is 9.90 Å². The molecule has 2 fully saturated rings. The molecule has 3 rings (SSSR count). The van der Waals surface area contributed by atoms with Gasteiger partial charge >= 0.3 is 0 Å². The quantitative estimate of drug-likeness (QED) is 0.849. The Balaban J connectivity index is 1.74. The summed E-state index contributed by atoms with van der Waals surface area (Å²) >= 11 is 0. The van der Waals surface area contributed by atoms with E-state index in [1.54, 1.807) is 25.5 Å². The van der Waals surface area contributed by atoms with Crippen LogP contribution in [0.4, 0.5) is 5.82 Å². The Labute approximate surface area is 137 Å². The first-order valence-corrected chi connectivity index (χ1v) is 8.31. The van der Waals surface area contributed by atoms with Gasteiger partial charge in [0, 0.05) is 39.0 Å². The minimum absolute atomic E-state index is 0.0132. The molecule has 0 aliphatic carbocycles. The van der Waals surface area contributed by atoms with Crippen molar-refractivity contribution in [1.82, 2.24) is 14.9 Å². The summed E-state index contributed by atoms with van der Waals surface area (Å²) in [4.78, 5) is 24.7. The van der Waals surface area contributed by atoms with Crippen LogP contribution in [0.15, 0.2) is 18.6 Å². The van der Waals surface area contributed by atoms with Gasteiger partial charge in [0.25, 0.3) is 0 Å². The van der Waals surface area contributed by atoms with Crippen molar-refractivity contribution >= 4 is 11.7 Å². The highest BCUT2D eigenvalue weighted by Gasteiger charge is 2.50. The van der Waals surface area contributed by atoms with E-state index in [1.807, 2.05) is 18.7 Å². The lowest BCUT2D eigenvalue weighted by Gasteiger charge is -2.55. The van der Waals surface area contributed by atoms with E-state index in [4.69, 9.17) is 0 Å². The molecule has 126 valence electrons. The number of rotatable bonds is 1. The van der Waals surface area contributed by atoms with Crippen LogP contribution in [0, 0.1) is 5.41 Å². The van der Waals surface area contributed by atoms with Crippen LogP contribution in [0.3, 0.4) is 0 Å². The number of likely N-dealkylation sites (tertiary alicyclic amines) is 1. The largest absolute Gasteiger partial charge is 0.391 e.